The third-order valence-electron chi connectivity index (χ3n) is 6.02. The third kappa shape index (κ3) is 6.30. The fourth-order valence-electron chi connectivity index (χ4n) is 4.31. The van der Waals surface area contributed by atoms with Gasteiger partial charge in [0.1, 0.15) is 11.8 Å². The normalized spacial score (nSPS) is 13.9. The highest BCUT2D eigenvalue weighted by molar-refractivity contribution is 6.21. The van der Waals surface area contributed by atoms with Crippen molar-refractivity contribution in [3.8, 4) is 5.75 Å². The maximum absolute atomic E-state index is 13.5. The first kappa shape index (κ1) is 26.9. The van der Waals surface area contributed by atoms with E-state index in [1.807, 2.05) is 52.0 Å². The van der Waals surface area contributed by atoms with Gasteiger partial charge in [0.25, 0.3) is 11.8 Å². The summed E-state index contributed by atoms with van der Waals surface area (Å²) in [5.74, 6) is -0.454. The molecule has 1 aliphatic rings. The minimum absolute atomic E-state index is 0.0939. The van der Waals surface area contributed by atoms with E-state index in [2.05, 4.69) is 5.32 Å². The van der Waals surface area contributed by atoms with Crippen molar-refractivity contribution in [2.24, 2.45) is 0 Å². The zero-order valence-electron chi connectivity index (χ0n) is 21.7. The second-order valence-electron chi connectivity index (χ2n) is 9.95. The number of methoxy groups -OCH3 is 1. The molecule has 192 valence electrons. The number of amides is 4. The molecule has 8 heteroatoms. The smallest absolute Gasteiger partial charge is 0.261 e. The maximum atomic E-state index is 13.5. The Hall–Kier alpha value is -3.68. The van der Waals surface area contributed by atoms with Crippen molar-refractivity contribution in [2.75, 3.05) is 13.7 Å². The molecule has 3 rings (SSSR count). The number of carbonyl (C=O) groups is 4. The van der Waals surface area contributed by atoms with Crippen LogP contribution >= 0.6 is 0 Å². The lowest BCUT2D eigenvalue weighted by atomic mass is 10.0. The summed E-state index contributed by atoms with van der Waals surface area (Å²) < 4.78 is 5.31. The van der Waals surface area contributed by atoms with Gasteiger partial charge in [-0.2, -0.15) is 0 Å². The van der Waals surface area contributed by atoms with Crippen LogP contribution in [0.2, 0.25) is 0 Å². The van der Waals surface area contributed by atoms with Crippen LogP contribution < -0.4 is 10.1 Å². The average Bonchev–Trinajstić information content (AvgIpc) is 3.08. The second-order valence-corrected chi connectivity index (χ2v) is 9.95. The largest absolute Gasteiger partial charge is 0.497 e. The number of nitrogens with zero attached hydrogens (tertiary/aromatic N) is 2. The Morgan fingerprint density at radius 2 is 1.67 bits per heavy atom. The van der Waals surface area contributed by atoms with Crippen molar-refractivity contribution in [3.05, 3.63) is 65.2 Å². The Bertz CT molecular complexity index is 1100. The van der Waals surface area contributed by atoms with Gasteiger partial charge < -0.3 is 15.0 Å². The maximum Gasteiger partial charge on any atom is 0.261 e. The van der Waals surface area contributed by atoms with Crippen LogP contribution in [-0.4, -0.2) is 58.7 Å². The van der Waals surface area contributed by atoms with Crippen molar-refractivity contribution in [3.63, 3.8) is 0 Å². The van der Waals surface area contributed by atoms with Crippen LogP contribution in [0.25, 0.3) is 0 Å². The summed E-state index contributed by atoms with van der Waals surface area (Å²) in [4.78, 5) is 54.6. The topological polar surface area (TPSA) is 96.0 Å². The van der Waals surface area contributed by atoms with E-state index in [9.17, 15) is 19.2 Å². The molecule has 0 unspecified atom stereocenters. The molecule has 2 aromatic carbocycles. The van der Waals surface area contributed by atoms with E-state index in [0.717, 1.165) is 5.56 Å². The molecular weight excluding hydrogens is 458 g/mol. The Morgan fingerprint density at radius 1 is 1.03 bits per heavy atom. The lowest BCUT2D eigenvalue weighted by molar-refractivity contribution is -0.142. The van der Waals surface area contributed by atoms with E-state index >= 15 is 0 Å². The van der Waals surface area contributed by atoms with Crippen LogP contribution in [0.4, 0.5) is 0 Å². The molecule has 2 aromatic rings. The lowest BCUT2D eigenvalue weighted by Crippen LogP contribution is -2.53. The van der Waals surface area contributed by atoms with Gasteiger partial charge in [-0.15, -0.1) is 0 Å². The van der Waals surface area contributed by atoms with Gasteiger partial charge in [0.15, 0.2) is 0 Å². The first-order valence-corrected chi connectivity index (χ1v) is 12.3. The Balaban J connectivity index is 1.74. The predicted molar refractivity (Wildman–Crippen MR) is 137 cm³/mol. The Morgan fingerprint density at radius 3 is 2.22 bits per heavy atom. The van der Waals surface area contributed by atoms with Crippen molar-refractivity contribution in [1.29, 1.82) is 0 Å². The van der Waals surface area contributed by atoms with Gasteiger partial charge in [-0.1, -0.05) is 31.2 Å². The van der Waals surface area contributed by atoms with E-state index in [-0.39, 0.29) is 43.1 Å². The molecule has 0 saturated heterocycles. The van der Waals surface area contributed by atoms with Gasteiger partial charge in [0.05, 0.1) is 18.2 Å². The second kappa shape index (κ2) is 11.4. The summed E-state index contributed by atoms with van der Waals surface area (Å²) in [5, 5.41) is 2.98. The van der Waals surface area contributed by atoms with Crippen molar-refractivity contribution in [2.45, 2.75) is 65.1 Å². The molecule has 0 fully saturated rings. The fourth-order valence-corrected chi connectivity index (χ4v) is 4.31. The molecule has 1 heterocycles. The Kier molecular flexibility index (Phi) is 8.50. The zero-order valence-corrected chi connectivity index (χ0v) is 21.7. The molecule has 0 bridgehead atoms. The first-order chi connectivity index (χ1) is 17.1. The van der Waals surface area contributed by atoms with Crippen molar-refractivity contribution in [1.82, 2.24) is 15.1 Å². The number of benzene rings is 2. The highest BCUT2D eigenvalue weighted by Crippen LogP contribution is 2.23. The number of ether oxygens (including phenoxy) is 1. The average molecular weight is 494 g/mol. The number of rotatable bonds is 10. The number of hydrogen-bond donors (Lipinski definition) is 1. The molecule has 0 aliphatic carbocycles. The number of nitrogens with one attached hydrogen (secondary N) is 1. The van der Waals surface area contributed by atoms with Crippen molar-refractivity contribution < 1.29 is 23.9 Å². The molecule has 1 atom stereocenters. The van der Waals surface area contributed by atoms with Crippen LogP contribution in [0.1, 0.15) is 73.2 Å². The summed E-state index contributed by atoms with van der Waals surface area (Å²) >= 11 is 0. The van der Waals surface area contributed by atoms with E-state index < -0.39 is 11.6 Å². The molecule has 1 N–H and O–H groups in total. The fraction of sp³-hybridized carbons (Fsp3) is 0.429. The van der Waals surface area contributed by atoms with E-state index in [4.69, 9.17) is 4.74 Å². The summed E-state index contributed by atoms with van der Waals surface area (Å²) in [6.45, 7) is 7.93. The number of imide groups is 1. The van der Waals surface area contributed by atoms with Crippen LogP contribution in [-0.2, 0) is 16.1 Å². The van der Waals surface area contributed by atoms with Crippen LogP contribution in [0, 0.1) is 0 Å². The predicted octanol–water partition coefficient (Wildman–Crippen LogP) is 3.79. The Labute approximate surface area is 212 Å². The minimum atomic E-state index is -0.665. The molecule has 1 aliphatic heterocycles. The van der Waals surface area contributed by atoms with Crippen molar-refractivity contribution >= 4 is 23.6 Å². The quantitative estimate of drug-likeness (QED) is 0.508. The number of carbonyl (C=O) groups excluding carboxylic acids is 4. The van der Waals surface area contributed by atoms with Gasteiger partial charge in [0.2, 0.25) is 11.8 Å². The van der Waals surface area contributed by atoms with Crippen LogP contribution in [0.5, 0.6) is 5.75 Å². The zero-order chi connectivity index (χ0) is 26.5. The molecule has 0 saturated carbocycles. The van der Waals surface area contributed by atoms with Gasteiger partial charge in [-0.3, -0.25) is 24.1 Å². The van der Waals surface area contributed by atoms with Crippen LogP contribution in [0.3, 0.4) is 0 Å². The molecule has 8 nitrogen and oxygen atoms in total. The molecule has 0 radical (unpaired) electrons. The van der Waals surface area contributed by atoms with E-state index in [1.165, 1.54) is 4.90 Å². The van der Waals surface area contributed by atoms with Gasteiger partial charge in [-0.25, -0.2) is 0 Å². The van der Waals surface area contributed by atoms with Gasteiger partial charge in [-0.05, 0) is 63.4 Å². The minimum Gasteiger partial charge on any atom is -0.497 e. The molecule has 4 amide bonds. The molecule has 36 heavy (non-hydrogen) atoms. The van der Waals surface area contributed by atoms with E-state index in [0.29, 0.717) is 29.7 Å². The SMILES string of the molecule is CC[C@@H](C(=O)NC(C)(C)C)N(Cc1cccc(OC)c1)C(=O)CCCN1C(=O)c2ccccc2C1=O. The first-order valence-electron chi connectivity index (χ1n) is 12.3. The monoisotopic (exact) mass is 493 g/mol. The molecule has 0 aromatic heterocycles. The highest BCUT2D eigenvalue weighted by atomic mass is 16.5. The molecular formula is C28H35N3O5. The van der Waals surface area contributed by atoms with Gasteiger partial charge >= 0.3 is 0 Å². The van der Waals surface area contributed by atoms with Crippen LogP contribution in [0.15, 0.2) is 48.5 Å². The number of hydrogen-bond acceptors (Lipinski definition) is 5. The molecule has 0 spiro atoms. The lowest BCUT2D eigenvalue weighted by Gasteiger charge is -2.33. The standard InChI is InChI=1S/C28H35N3O5/c1-6-23(25(33)29-28(2,3)4)31(18-19-11-9-12-20(17-19)36-5)24(32)15-10-16-30-26(34)21-13-7-8-14-22(21)27(30)35/h7-9,11-14,17,23H,6,10,15-16,18H2,1-5H3,(H,29,33)/t23-/m0/s1. The van der Waals surface area contributed by atoms with Gasteiger partial charge in [0, 0.05) is 25.0 Å². The summed E-state index contributed by atoms with van der Waals surface area (Å²) in [7, 11) is 1.58. The summed E-state index contributed by atoms with van der Waals surface area (Å²) in [5.41, 5.74) is 1.17. The number of fused-ring (bicyclic) bond motifs is 1. The third-order valence-corrected chi connectivity index (χ3v) is 6.02. The highest BCUT2D eigenvalue weighted by Gasteiger charge is 2.35. The summed E-state index contributed by atoms with van der Waals surface area (Å²) in [6.07, 6.45) is 0.836. The van der Waals surface area contributed by atoms with E-state index in [1.54, 1.807) is 36.3 Å². The summed E-state index contributed by atoms with van der Waals surface area (Å²) in [6, 6.07) is 13.4.